The highest BCUT2D eigenvalue weighted by Gasteiger charge is 2.07. The Morgan fingerprint density at radius 1 is 1.29 bits per heavy atom. The number of nitrogens with one attached hydrogen (secondary N) is 1. The van der Waals surface area contributed by atoms with Crippen LogP contribution in [0.3, 0.4) is 0 Å². The van der Waals surface area contributed by atoms with E-state index < -0.39 is 0 Å². The molecule has 0 unspecified atom stereocenters. The second-order valence-corrected chi connectivity index (χ2v) is 4.98. The van der Waals surface area contributed by atoms with Gasteiger partial charge in [-0.3, -0.25) is 0 Å². The summed E-state index contributed by atoms with van der Waals surface area (Å²) in [5.74, 6) is 1.12. The minimum absolute atomic E-state index is 0.0997. The van der Waals surface area contributed by atoms with Crippen molar-refractivity contribution in [3.63, 3.8) is 0 Å². The molecule has 8 heteroatoms. The van der Waals surface area contributed by atoms with Crippen LogP contribution >= 0.6 is 15.9 Å². The van der Waals surface area contributed by atoms with Gasteiger partial charge in [0.05, 0.1) is 18.2 Å². The zero-order chi connectivity index (χ0) is 15.2. The number of hydrogen-bond donors (Lipinski definition) is 2. The van der Waals surface area contributed by atoms with Crippen LogP contribution in [0.2, 0.25) is 0 Å². The summed E-state index contributed by atoms with van der Waals surface area (Å²) in [6.07, 6.45) is 0.859. The van der Waals surface area contributed by atoms with E-state index in [0.717, 1.165) is 16.6 Å². The molecule has 0 fully saturated rings. The Hall–Kier alpha value is -2.09. The molecule has 0 amide bonds. The Labute approximate surface area is 131 Å². The molecule has 1 aromatic carbocycles. The maximum atomic E-state index is 5.65. The van der Waals surface area contributed by atoms with Gasteiger partial charge in [-0.1, -0.05) is 6.92 Å². The minimum Gasteiger partial charge on any atom is -0.495 e. The maximum absolute atomic E-state index is 5.65. The third-order valence-corrected chi connectivity index (χ3v) is 3.13. The van der Waals surface area contributed by atoms with Gasteiger partial charge in [0.25, 0.3) is 0 Å². The van der Waals surface area contributed by atoms with E-state index >= 15 is 0 Å². The molecule has 3 N–H and O–H groups in total. The zero-order valence-electron chi connectivity index (χ0n) is 11.8. The van der Waals surface area contributed by atoms with Crippen LogP contribution < -0.4 is 20.5 Å². The van der Waals surface area contributed by atoms with Crippen LogP contribution in [0.1, 0.15) is 13.3 Å². The number of nitrogens with zero attached hydrogens (tertiary/aromatic N) is 3. The van der Waals surface area contributed by atoms with Gasteiger partial charge in [-0.2, -0.15) is 15.0 Å². The van der Waals surface area contributed by atoms with Gasteiger partial charge in [0.1, 0.15) is 5.75 Å². The molecule has 21 heavy (non-hydrogen) atoms. The average Bonchev–Trinajstić information content (AvgIpc) is 2.46. The van der Waals surface area contributed by atoms with Gasteiger partial charge < -0.3 is 20.5 Å². The molecule has 0 saturated heterocycles. The van der Waals surface area contributed by atoms with E-state index in [2.05, 4.69) is 36.2 Å². The van der Waals surface area contributed by atoms with Crippen LogP contribution in [0, 0.1) is 0 Å². The second kappa shape index (κ2) is 7.07. The predicted octanol–water partition coefficient (Wildman–Crippen LogP) is 2.76. The lowest BCUT2D eigenvalue weighted by molar-refractivity contribution is 0.292. The Morgan fingerprint density at radius 2 is 2.10 bits per heavy atom. The minimum atomic E-state index is 0.0997. The summed E-state index contributed by atoms with van der Waals surface area (Å²) < 4.78 is 11.5. The topological polar surface area (TPSA) is 95.2 Å². The Kier molecular flexibility index (Phi) is 5.15. The van der Waals surface area contributed by atoms with Crippen LogP contribution in [0.5, 0.6) is 11.8 Å². The molecular formula is C13H16BrN5O2. The van der Waals surface area contributed by atoms with Gasteiger partial charge in [0.15, 0.2) is 0 Å². The van der Waals surface area contributed by atoms with Gasteiger partial charge in [0, 0.05) is 11.8 Å². The third-order valence-electron chi connectivity index (χ3n) is 2.47. The molecule has 2 rings (SSSR count). The van der Waals surface area contributed by atoms with Crippen molar-refractivity contribution >= 4 is 33.5 Å². The number of nitrogens with two attached hydrogens (primary N) is 1. The summed E-state index contributed by atoms with van der Waals surface area (Å²) in [5.41, 5.74) is 6.42. The number of benzene rings is 1. The van der Waals surface area contributed by atoms with Gasteiger partial charge in [-0.05, 0) is 34.5 Å². The summed E-state index contributed by atoms with van der Waals surface area (Å²) in [6.45, 7) is 2.52. The first kappa shape index (κ1) is 15.3. The third kappa shape index (κ3) is 4.19. The smallest absolute Gasteiger partial charge is 0.323 e. The Morgan fingerprint density at radius 3 is 2.81 bits per heavy atom. The molecule has 1 aromatic heterocycles. The van der Waals surface area contributed by atoms with E-state index in [4.69, 9.17) is 15.2 Å². The highest BCUT2D eigenvalue weighted by Crippen LogP contribution is 2.29. The highest BCUT2D eigenvalue weighted by molar-refractivity contribution is 9.10. The molecule has 0 aliphatic heterocycles. The largest absolute Gasteiger partial charge is 0.495 e. The maximum Gasteiger partial charge on any atom is 0.323 e. The van der Waals surface area contributed by atoms with Crippen LogP contribution in [-0.4, -0.2) is 28.7 Å². The lowest BCUT2D eigenvalue weighted by atomic mass is 10.3. The van der Waals surface area contributed by atoms with Crippen molar-refractivity contribution in [2.24, 2.45) is 0 Å². The fraction of sp³-hybridized carbons (Fsp3) is 0.308. The van der Waals surface area contributed by atoms with Gasteiger partial charge in [-0.25, -0.2) is 0 Å². The second-order valence-electron chi connectivity index (χ2n) is 4.12. The normalized spacial score (nSPS) is 10.2. The van der Waals surface area contributed by atoms with Crippen molar-refractivity contribution in [3.05, 3.63) is 22.7 Å². The molecule has 0 bridgehead atoms. The van der Waals surface area contributed by atoms with E-state index in [0.29, 0.717) is 18.3 Å². The van der Waals surface area contributed by atoms with Crippen molar-refractivity contribution in [1.82, 2.24) is 15.0 Å². The van der Waals surface area contributed by atoms with Crippen molar-refractivity contribution in [2.75, 3.05) is 24.8 Å². The molecule has 0 radical (unpaired) electrons. The average molecular weight is 354 g/mol. The van der Waals surface area contributed by atoms with E-state index in [9.17, 15) is 0 Å². The fourth-order valence-electron chi connectivity index (χ4n) is 1.55. The van der Waals surface area contributed by atoms with E-state index in [1.165, 1.54) is 0 Å². The first-order valence-corrected chi connectivity index (χ1v) is 7.16. The molecule has 0 spiro atoms. The molecule has 0 saturated carbocycles. The van der Waals surface area contributed by atoms with Crippen LogP contribution in [-0.2, 0) is 0 Å². The molecule has 0 aliphatic rings. The molecule has 2 aromatic rings. The van der Waals surface area contributed by atoms with Crippen LogP contribution in [0.25, 0.3) is 0 Å². The monoisotopic (exact) mass is 353 g/mol. The predicted molar refractivity (Wildman–Crippen MR) is 84.0 cm³/mol. The SMILES string of the molecule is CCCOc1nc(N)nc(Nc2ccc(Br)c(OC)c2)n1. The molecular weight excluding hydrogens is 338 g/mol. The van der Waals surface area contributed by atoms with E-state index in [1.54, 1.807) is 7.11 Å². The van der Waals surface area contributed by atoms with Crippen molar-refractivity contribution in [1.29, 1.82) is 0 Å². The lowest BCUT2D eigenvalue weighted by Gasteiger charge is -2.09. The number of nitrogen functional groups attached to an aromatic ring is 1. The van der Waals surface area contributed by atoms with Crippen molar-refractivity contribution < 1.29 is 9.47 Å². The molecule has 7 nitrogen and oxygen atoms in total. The number of hydrogen-bond acceptors (Lipinski definition) is 7. The summed E-state index contributed by atoms with van der Waals surface area (Å²) in [7, 11) is 1.60. The Balaban J connectivity index is 2.20. The zero-order valence-corrected chi connectivity index (χ0v) is 13.3. The van der Waals surface area contributed by atoms with E-state index in [1.807, 2.05) is 25.1 Å². The van der Waals surface area contributed by atoms with Crippen LogP contribution in [0.4, 0.5) is 17.6 Å². The lowest BCUT2D eigenvalue weighted by Crippen LogP contribution is -2.07. The van der Waals surface area contributed by atoms with Gasteiger partial charge in [-0.15, -0.1) is 0 Å². The number of halogens is 1. The number of rotatable bonds is 6. The summed E-state index contributed by atoms with van der Waals surface area (Å²) >= 11 is 3.39. The number of aromatic nitrogens is 3. The number of ether oxygens (including phenoxy) is 2. The molecule has 1 heterocycles. The first-order chi connectivity index (χ1) is 10.1. The van der Waals surface area contributed by atoms with Crippen molar-refractivity contribution in [3.8, 4) is 11.8 Å². The standard InChI is InChI=1S/C13H16BrN5O2/c1-3-6-21-13-18-11(15)17-12(19-13)16-8-4-5-9(14)10(7-8)20-2/h4-5,7H,3,6H2,1-2H3,(H3,15,16,17,18,19). The number of methoxy groups -OCH3 is 1. The first-order valence-electron chi connectivity index (χ1n) is 6.37. The fourth-order valence-corrected chi connectivity index (χ4v) is 1.96. The number of anilines is 3. The highest BCUT2D eigenvalue weighted by atomic mass is 79.9. The van der Waals surface area contributed by atoms with Gasteiger partial charge >= 0.3 is 6.01 Å². The molecule has 112 valence electrons. The van der Waals surface area contributed by atoms with Crippen LogP contribution in [0.15, 0.2) is 22.7 Å². The quantitative estimate of drug-likeness (QED) is 0.824. The van der Waals surface area contributed by atoms with Crippen molar-refractivity contribution in [2.45, 2.75) is 13.3 Å². The molecule has 0 atom stereocenters. The summed E-state index contributed by atoms with van der Waals surface area (Å²) in [5, 5.41) is 3.04. The Bertz CT molecular complexity index is 624. The summed E-state index contributed by atoms with van der Waals surface area (Å²) in [4.78, 5) is 12.1. The molecule has 0 aliphatic carbocycles. The summed E-state index contributed by atoms with van der Waals surface area (Å²) in [6, 6.07) is 5.74. The van der Waals surface area contributed by atoms with E-state index in [-0.39, 0.29) is 12.0 Å². The van der Waals surface area contributed by atoms with Gasteiger partial charge in [0.2, 0.25) is 11.9 Å².